The first kappa shape index (κ1) is 13.4. The summed E-state index contributed by atoms with van der Waals surface area (Å²) < 4.78 is 16.6. The Morgan fingerprint density at radius 2 is 2.00 bits per heavy atom. The lowest BCUT2D eigenvalue weighted by atomic mass is 9.77. The molecule has 3 heterocycles. The summed E-state index contributed by atoms with van der Waals surface area (Å²) in [5.41, 5.74) is -1.49. The monoisotopic (exact) mass is 294 g/mol. The third-order valence-corrected chi connectivity index (χ3v) is 5.56. The maximum absolute atomic E-state index is 13.0. The Labute approximate surface area is 122 Å². The highest BCUT2D eigenvalue weighted by molar-refractivity contribution is 5.95. The number of esters is 1. The van der Waals surface area contributed by atoms with E-state index in [0.717, 1.165) is 0 Å². The van der Waals surface area contributed by atoms with Crippen molar-refractivity contribution in [1.82, 2.24) is 0 Å². The van der Waals surface area contributed by atoms with E-state index in [1.807, 2.05) is 0 Å². The normalized spacial score (nSPS) is 55.2. The van der Waals surface area contributed by atoms with Crippen molar-refractivity contribution in [1.29, 1.82) is 0 Å². The zero-order chi connectivity index (χ0) is 15.2. The molecule has 0 unspecified atom stereocenters. The Kier molecular flexibility index (Phi) is 2.39. The molecule has 4 rings (SSSR count). The molecule has 0 aromatic heterocycles. The van der Waals surface area contributed by atoms with E-state index in [2.05, 4.69) is 6.58 Å². The molecule has 3 saturated heterocycles. The van der Waals surface area contributed by atoms with Crippen molar-refractivity contribution in [2.75, 3.05) is 0 Å². The van der Waals surface area contributed by atoms with Crippen molar-refractivity contribution in [2.45, 2.75) is 56.4 Å². The number of hydrogen-bond donors (Lipinski definition) is 1. The van der Waals surface area contributed by atoms with Gasteiger partial charge in [0.05, 0.1) is 5.92 Å². The van der Waals surface area contributed by atoms with Gasteiger partial charge in [0.2, 0.25) is 0 Å². The average molecular weight is 294 g/mol. The molecule has 114 valence electrons. The summed E-state index contributed by atoms with van der Waals surface area (Å²) in [4.78, 5) is 24.8. The Morgan fingerprint density at radius 1 is 1.29 bits per heavy atom. The lowest BCUT2D eigenvalue weighted by Gasteiger charge is -2.31. The largest absolute Gasteiger partial charge is 0.457 e. The van der Waals surface area contributed by atoms with Crippen LogP contribution in [0, 0.1) is 11.8 Å². The summed E-state index contributed by atoms with van der Waals surface area (Å²) in [5.74, 6) is -1.40. The molecule has 1 saturated carbocycles. The first-order valence-corrected chi connectivity index (χ1v) is 7.26. The van der Waals surface area contributed by atoms with Gasteiger partial charge >= 0.3 is 5.97 Å². The summed E-state index contributed by atoms with van der Waals surface area (Å²) in [6.45, 7) is 7.28. The quantitative estimate of drug-likeness (QED) is 0.394. The van der Waals surface area contributed by atoms with Gasteiger partial charge in [0.1, 0.15) is 23.4 Å². The van der Waals surface area contributed by atoms with Crippen LogP contribution >= 0.6 is 0 Å². The summed E-state index contributed by atoms with van der Waals surface area (Å²) in [7, 11) is 0. The van der Waals surface area contributed by atoms with E-state index < -0.39 is 41.6 Å². The fourth-order valence-electron chi connectivity index (χ4n) is 4.17. The molecule has 0 radical (unpaired) electrons. The molecular formula is C15H18O6. The number of ketones is 1. The van der Waals surface area contributed by atoms with Gasteiger partial charge in [-0.2, -0.15) is 0 Å². The molecule has 1 aliphatic carbocycles. The van der Waals surface area contributed by atoms with E-state index in [-0.39, 0.29) is 11.7 Å². The van der Waals surface area contributed by atoms with Gasteiger partial charge in [-0.25, -0.2) is 4.79 Å². The molecule has 2 bridgehead atoms. The van der Waals surface area contributed by atoms with Crippen LogP contribution in [0.1, 0.15) is 26.7 Å². The van der Waals surface area contributed by atoms with Gasteiger partial charge in [-0.1, -0.05) is 6.58 Å². The molecule has 4 aliphatic rings. The topological polar surface area (TPSA) is 85.4 Å². The van der Waals surface area contributed by atoms with Crippen LogP contribution < -0.4 is 0 Å². The molecule has 1 N–H and O–H groups in total. The number of hydrogen-bond acceptors (Lipinski definition) is 6. The molecule has 6 nitrogen and oxygen atoms in total. The highest BCUT2D eigenvalue weighted by Crippen LogP contribution is 2.56. The zero-order valence-electron chi connectivity index (χ0n) is 12.0. The molecule has 6 heteroatoms. The molecule has 0 amide bonds. The minimum absolute atomic E-state index is 0.154. The fraction of sp³-hybridized carbons (Fsp3) is 0.733. The predicted octanol–water partition coefficient (Wildman–Crippen LogP) is 0.328. The number of epoxide rings is 1. The molecule has 7 atom stereocenters. The summed E-state index contributed by atoms with van der Waals surface area (Å²) in [5, 5.41) is 10.1. The van der Waals surface area contributed by atoms with E-state index in [9.17, 15) is 14.7 Å². The minimum Gasteiger partial charge on any atom is -0.457 e. The Balaban J connectivity index is 1.83. The SMILES string of the molecule is C=C1C(=O)O[C@@H]2[C@H]3C(=O)[C@](C)(CC[C@@H]12)O[C@H](O)[C@@H]1O[C@]31C. The van der Waals surface area contributed by atoms with E-state index in [1.165, 1.54) is 0 Å². The highest BCUT2D eigenvalue weighted by atomic mass is 16.7. The number of rotatable bonds is 0. The Hall–Kier alpha value is -1.24. The van der Waals surface area contributed by atoms with E-state index in [1.54, 1.807) is 13.8 Å². The van der Waals surface area contributed by atoms with E-state index in [0.29, 0.717) is 18.4 Å². The van der Waals surface area contributed by atoms with Crippen LogP contribution in [0.5, 0.6) is 0 Å². The number of Topliss-reactive ketones (excluding diaryl/α,β-unsaturated/α-hetero) is 1. The van der Waals surface area contributed by atoms with Crippen molar-refractivity contribution < 1.29 is 28.9 Å². The second kappa shape index (κ2) is 3.74. The van der Waals surface area contributed by atoms with E-state index in [4.69, 9.17) is 14.2 Å². The Morgan fingerprint density at radius 3 is 2.71 bits per heavy atom. The minimum atomic E-state index is -1.13. The maximum Gasteiger partial charge on any atom is 0.334 e. The van der Waals surface area contributed by atoms with Crippen molar-refractivity contribution in [2.24, 2.45) is 11.8 Å². The smallest absolute Gasteiger partial charge is 0.334 e. The van der Waals surface area contributed by atoms with Crippen molar-refractivity contribution in [3.63, 3.8) is 0 Å². The molecule has 0 spiro atoms. The summed E-state index contributed by atoms with van der Waals surface area (Å²) in [6.07, 6.45) is -1.26. The van der Waals surface area contributed by atoms with Gasteiger partial charge in [-0.05, 0) is 26.7 Å². The molecule has 4 fully saturated rings. The second-order valence-corrected chi connectivity index (χ2v) is 6.84. The molecule has 0 aromatic carbocycles. The molecule has 3 aliphatic heterocycles. The Bertz CT molecular complexity index is 571. The molecular weight excluding hydrogens is 276 g/mol. The number of carbonyl (C=O) groups is 2. The zero-order valence-corrected chi connectivity index (χ0v) is 12.0. The third-order valence-electron chi connectivity index (χ3n) is 5.56. The number of aliphatic hydroxyl groups is 1. The average Bonchev–Trinajstić information content (AvgIpc) is 3.04. The van der Waals surface area contributed by atoms with Gasteiger partial charge in [0.15, 0.2) is 12.1 Å². The van der Waals surface area contributed by atoms with Gasteiger partial charge in [-0.15, -0.1) is 0 Å². The van der Waals surface area contributed by atoms with Crippen LogP contribution in [0.15, 0.2) is 12.2 Å². The van der Waals surface area contributed by atoms with Gasteiger partial charge in [-0.3, -0.25) is 4.79 Å². The van der Waals surface area contributed by atoms with Crippen LogP contribution in [0.25, 0.3) is 0 Å². The standard InChI is InChI=1S/C15H18O6/c1-6-7-4-5-14(2)10(16)8(9(7)19-12(6)17)15(3)11(20-15)13(18)21-14/h7-9,11,13,18H,1,4-5H2,2-3H3/t7-,8-,9-,11-,13-,14-,15+/m0/s1. The number of carbonyl (C=O) groups excluding carboxylic acids is 2. The first-order valence-electron chi connectivity index (χ1n) is 7.26. The maximum atomic E-state index is 13.0. The fourth-order valence-corrected chi connectivity index (χ4v) is 4.17. The first-order chi connectivity index (χ1) is 9.78. The lowest BCUT2D eigenvalue weighted by molar-refractivity contribution is -0.195. The van der Waals surface area contributed by atoms with Crippen LogP contribution in [0.4, 0.5) is 0 Å². The predicted molar refractivity (Wildman–Crippen MR) is 69.0 cm³/mol. The van der Waals surface area contributed by atoms with Crippen LogP contribution in [-0.4, -0.2) is 46.6 Å². The molecule has 21 heavy (non-hydrogen) atoms. The van der Waals surface area contributed by atoms with Crippen LogP contribution in [0.3, 0.4) is 0 Å². The summed E-state index contributed by atoms with van der Waals surface area (Å²) in [6, 6.07) is 0. The van der Waals surface area contributed by atoms with Gasteiger partial charge < -0.3 is 19.3 Å². The van der Waals surface area contributed by atoms with Crippen LogP contribution in [0.2, 0.25) is 0 Å². The van der Waals surface area contributed by atoms with Gasteiger partial charge in [0, 0.05) is 11.5 Å². The lowest BCUT2D eigenvalue weighted by Crippen LogP contribution is -2.48. The molecule has 0 aromatic rings. The number of aliphatic hydroxyl groups excluding tert-OH is 1. The number of fused-ring (bicyclic) bond motifs is 6. The van der Waals surface area contributed by atoms with Gasteiger partial charge in [0.25, 0.3) is 0 Å². The second-order valence-electron chi connectivity index (χ2n) is 6.84. The van der Waals surface area contributed by atoms with E-state index >= 15 is 0 Å². The third kappa shape index (κ3) is 1.53. The number of ether oxygens (including phenoxy) is 3. The summed E-state index contributed by atoms with van der Waals surface area (Å²) >= 11 is 0. The highest BCUT2D eigenvalue weighted by Gasteiger charge is 2.73. The van der Waals surface area contributed by atoms with Crippen molar-refractivity contribution in [3.8, 4) is 0 Å². The van der Waals surface area contributed by atoms with Crippen molar-refractivity contribution in [3.05, 3.63) is 12.2 Å². The van der Waals surface area contributed by atoms with Crippen molar-refractivity contribution >= 4 is 11.8 Å². The van der Waals surface area contributed by atoms with Crippen LogP contribution in [-0.2, 0) is 23.8 Å².